The van der Waals surface area contributed by atoms with E-state index in [4.69, 9.17) is 4.42 Å². The summed E-state index contributed by atoms with van der Waals surface area (Å²) in [7, 11) is 1.80. The van der Waals surface area contributed by atoms with Gasteiger partial charge in [0.15, 0.2) is 5.69 Å². The lowest BCUT2D eigenvalue weighted by Crippen LogP contribution is -2.31. The van der Waals surface area contributed by atoms with Crippen LogP contribution in [0.15, 0.2) is 59.3 Å². The Balaban J connectivity index is 1.89. The summed E-state index contributed by atoms with van der Waals surface area (Å²) in [5, 5.41) is 0. The Hall–Kier alpha value is -2.95. The van der Waals surface area contributed by atoms with E-state index in [9.17, 15) is 4.79 Å². The molecular formula is C20H21N3O2. The highest BCUT2D eigenvalue weighted by molar-refractivity contribution is 5.93. The molecule has 0 aliphatic heterocycles. The standard InChI is InChI=1S/C20H21N3O2/c1-4-17(15-10-12-21-13-11-15)23(3)20(24)18-14(2)25-19(22-18)16-8-6-5-7-9-16/h5-13,17H,4H2,1-3H3. The molecule has 1 aromatic carbocycles. The maximum absolute atomic E-state index is 13.0. The SMILES string of the molecule is CCC(c1ccncc1)N(C)C(=O)c1nc(-c2ccccc2)oc1C. The van der Waals surface area contributed by atoms with Crippen LogP contribution in [0, 0.1) is 6.92 Å². The molecule has 5 heteroatoms. The van der Waals surface area contributed by atoms with Crippen LogP contribution in [0.25, 0.3) is 11.5 Å². The number of hydrogen-bond acceptors (Lipinski definition) is 4. The fraction of sp³-hybridized carbons (Fsp3) is 0.250. The second-order valence-electron chi connectivity index (χ2n) is 5.91. The Labute approximate surface area is 147 Å². The lowest BCUT2D eigenvalue weighted by molar-refractivity contribution is 0.0719. The summed E-state index contributed by atoms with van der Waals surface area (Å²) in [5.74, 6) is 0.846. The Morgan fingerprint density at radius 2 is 1.84 bits per heavy atom. The number of benzene rings is 1. The first-order chi connectivity index (χ1) is 12.1. The van der Waals surface area contributed by atoms with Gasteiger partial charge in [0.1, 0.15) is 5.76 Å². The lowest BCUT2D eigenvalue weighted by Gasteiger charge is -2.27. The maximum atomic E-state index is 13.0. The zero-order valence-corrected chi connectivity index (χ0v) is 14.6. The molecule has 1 unspecified atom stereocenters. The fourth-order valence-corrected chi connectivity index (χ4v) is 2.93. The largest absolute Gasteiger partial charge is 0.441 e. The van der Waals surface area contributed by atoms with Crippen molar-refractivity contribution in [2.75, 3.05) is 7.05 Å². The maximum Gasteiger partial charge on any atom is 0.276 e. The first-order valence-electron chi connectivity index (χ1n) is 8.31. The molecule has 0 N–H and O–H groups in total. The molecule has 25 heavy (non-hydrogen) atoms. The van der Waals surface area contributed by atoms with Gasteiger partial charge in [-0.1, -0.05) is 25.1 Å². The zero-order chi connectivity index (χ0) is 17.8. The highest BCUT2D eigenvalue weighted by Crippen LogP contribution is 2.27. The van der Waals surface area contributed by atoms with Gasteiger partial charge in [0.05, 0.1) is 6.04 Å². The van der Waals surface area contributed by atoms with Crippen LogP contribution in [-0.4, -0.2) is 27.8 Å². The van der Waals surface area contributed by atoms with E-state index in [0.717, 1.165) is 17.5 Å². The molecule has 2 heterocycles. The van der Waals surface area contributed by atoms with E-state index in [1.807, 2.05) is 42.5 Å². The number of aryl methyl sites for hydroxylation is 1. The van der Waals surface area contributed by atoms with Gasteiger partial charge in [-0.25, -0.2) is 4.98 Å². The molecule has 0 saturated carbocycles. The number of nitrogens with zero attached hydrogens (tertiary/aromatic N) is 3. The minimum atomic E-state index is -0.146. The van der Waals surface area contributed by atoms with E-state index in [2.05, 4.69) is 16.9 Å². The van der Waals surface area contributed by atoms with Gasteiger partial charge in [0.25, 0.3) is 5.91 Å². The van der Waals surface area contributed by atoms with Crippen LogP contribution in [0.4, 0.5) is 0 Å². The van der Waals surface area contributed by atoms with Crippen molar-refractivity contribution in [3.8, 4) is 11.5 Å². The molecule has 1 atom stereocenters. The topological polar surface area (TPSA) is 59.2 Å². The molecule has 0 spiro atoms. The van der Waals surface area contributed by atoms with Gasteiger partial charge in [0.2, 0.25) is 5.89 Å². The summed E-state index contributed by atoms with van der Waals surface area (Å²) in [6.07, 6.45) is 4.28. The van der Waals surface area contributed by atoms with Crippen molar-refractivity contribution in [3.05, 3.63) is 71.9 Å². The van der Waals surface area contributed by atoms with Crippen LogP contribution >= 0.6 is 0 Å². The highest BCUT2D eigenvalue weighted by Gasteiger charge is 2.26. The average molecular weight is 335 g/mol. The number of aromatic nitrogens is 2. The third kappa shape index (κ3) is 3.45. The summed E-state index contributed by atoms with van der Waals surface area (Å²) in [4.78, 5) is 23.2. The molecule has 128 valence electrons. The normalized spacial score (nSPS) is 12.0. The van der Waals surface area contributed by atoms with Crippen molar-refractivity contribution in [3.63, 3.8) is 0 Å². The van der Waals surface area contributed by atoms with Crippen molar-refractivity contribution in [2.24, 2.45) is 0 Å². The van der Waals surface area contributed by atoms with Gasteiger partial charge in [-0.3, -0.25) is 9.78 Å². The number of pyridine rings is 1. The average Bonchev–Trinajstić information content (AvgIpc) is 3.05. The highest BCUT2D eigenvalue weighted by atomic mass is 16.4. The Morgan fingerprint density at radius 3 is 2.48 bits per heavy atom. The smallest absolute Gasteiger partial charge is 0.276 e. The van der Waals surface area contributed by atoms with Crippen LogP contribution in [-0.2, 0) is 0 Å². The summed E-state index contributed by atoms with van der Waals surface area (Å²) < 4.78 is 5.72. The molecule has 0 aliphatic rings. The van der Waals surface area contributed by atoms with Gasteiger partial charge in [-0.05, 0) is 43.2 Å². The molecule has 1 amide bonds. The zero-order valence-electron chi connectivity index (χ0n) is 14.6. The first kappa shape index (κ1) is 16.9. The van der Waals surface area contributed by atoms with Gasteiger partial charge >= 0.3 is 0 Å². The van der Waals surface area contributed by atoms with Crippen LogP contribution < -0.4 is 0 Å². The minimum Gasteiger partial charge on any atom is -0.441 e. The second kappa shape index (κ2) is 7.30. The van der Waals surface area contributed by atoms with Crippen molar-refractivity contribution in [2.45, 2.75) is 26.3 Å². The minimum absolute atomic E-state index is 0.0354. The molecule has 3 aromatic rings. The molecule has 0 fully saturated rings. The number of carbonyl (C=O) groups is 1. The number of hydrogen-bond donors (Lipinski definition) is 0. The fourth-order valence-electron chi connectivity index (χ4n) is 2.93. The molecule has 3 rings (SSSR count). The molecule has 5 nitrogen and oxygen atoms in total. The van der Waals surface area contributed by atoms with E-state index in [0.29, 0.717) is 17.3 Å². The van der Waals surface area contributed by atoms with E-state index >= 15 is 0 Å². The Kier molecular flexibility index (Phi) is 4.93. The van der Waals surface area contributed by atoms with Crippen LogP contribution in [0.1, 0.15) is 41.2 Å². The van der Waals surface area contributed by atoms with Gasteiger partial charge in [-0.2, -0.15) is 0 Å². The molecule has 2 aromatic heterocycles. The quantitative estimate of drug-likeness (QED) is 0.699. The van der Waals surface area contributed by atoms with E-state index in [1.165, 1.54) is 0 Å². The summed E-state index contributed by atoms with van der Waals surface area (Å²) in [6.45, 7) is 3.83. The summed E-state index contributed by atoms with van der Waals surface area (Å²) in [6, 6.07) is 13.4. The van der Waals surface area contributed by atoms with Crippen LogP contribution in [0.2, 0.25) is 0 Å². The monoisotopic (exact) mass is 335 g/mol. The van der Waals surface area contributed by atoms with E-state index in [-0.39, 0.29) is 11.9 Å². The third-order valence-corrected chi connectivity index (χ3v) is 4.29. The molecular weight excluding hydrogens is 314 g/mol. The van der Waals surface area contributed by atoms with Crippen molar-refractivity contribution < 1.29 is 9.21 Å². The molecule has 0 bridgehead atoms. The van der Waals surface area contributed by atoms with E-state index in [1.54, 1.807) is 31.3 Å². The van der Waals surface area contributed by atoms with Gasteiger partial charge < -0.3 is 9.32 Å². The second-order valence-corrected chi connectivity index (χ2v) is 5.91. The van der Waals surface area contributed by atoms with Crippen LogP contribution in [0.3, 0.4) is 0 Å². The van der Waals surface area contributed by atoms with E-state index < -0.39 is 0 Å². The van der Waals surface area contributed by atoms with Gasteiger partial charge in [0, 0.05) is 25.0 Å². The number of rotatable bonds is 5. The number of oxazole rings is 1. The lowest BCUT2D eigenvalue weighted by atomic mass is 10.0. The molecule has 0 aliphatic carbocycles. The Bertz CT molecular complexity index is 844. The summed E-state index contributed by atoms with van der Waals surface area (Å²) in [5.41, 5.74) is 2.26. The first-order valence-corrected chi connectivity index (χ1v) is 8.31. The van der Waals surface area contributed by atoms with Crippen molar-refractivity contribution >= 4 is 5.91 Å². The number of carbonyl (C=O) groups excluding carboxylic acids is 1. The number of amides is 1. The Morgan fingerprint density at radius 1 is 1.16 bits per heavy atom. The molecule has 0 radical (unpaired) electrons. The van der Waals surface area contributed by atoms with Gasteiger partial charge in [-0.15, -0.1) is 0 Å². The molecule has 0 saturated heterocycles. The third-order valence-electron chi connectivity index (χ3n) is 4.29. The van der Waals surface area contributed by atoms with Crippen molar-refractivity contribution in [1.29, 1.82) is 0 Å². The predicted molar refractivity (Wildman–Crippen MR) is 96.0 cm³/mol. The summed E-state index contributed by atoms with van der Waals surface area (Å²) >= 11 is 0. The van der Waals surface area contributed by atoms with Crippen molar-refractivity contribution in [1.82, 2.24) is 14.9 Å². The van der Waals surface area contributed by atoms with Crippen LogP contribution in [0.5, 0.6) is 0 Å². The predicted octanol–water partition coefficient (Wildman–Crippen LogP) is 4.27.